The summed E-state index contributed by atoms with van der Waals surface area (Å²) in [5.41, 5.74) is 3.45. The van der Waals surface area contributed by atoms with Gasteiger partial charge in [-0.3, -0.25) is 9.10 Å². The Morgan fingerprint density at radius 3 is 1.97 bits per heavy atom. The van der Waals surface area contributed by atoms with Gasteiger partial charge in [-0.25, -0.2) is 8.42 Å². The average molecular weight is 545 g/mol. The quantitative estimate of drug-likeness (QED) is 0.385. The highest BCUT2D eigenvalue weighted by molar-refractivity contribution is 9.10. The molecular formula is C26H30BrN3O3S. The van der Waals surface area contributed by atoms with Crippen LogP contribution in [0.15, 0.2) is 82.2 Å². The third-order valence-corrected chi connectivity index (χ3v) is 7.88. The van der Waals surface area contributed by atoms with Gasteiger partial charge < -0.3 is 10.2 Å². The van der Waals surface area contributed by atoms with Crippen LogP contribution in [0.4, 0.5) is 11.4 Å². The first-order chi connectivity index (χ1) is 16.2. The van der Waals surface area contributed by atoms with Crippen molar-refractivity contribution in [2.75, 3.05) is 28.8 Å². The van der Waals surface area contributed by atoms with E-state index in [1.54, 1.807) is 48.5 Å². The lowest BCUT2D eigenvalue weighted by Gasteiger charge is -2.24. The Morgan fingerprint density at radius 2 is 1.41 bits per heavy atom. The second-order valence-corrected chi connectivity index (χ2v) is 10.7. The standard InChI is InChI=1S/C26H30BrN3O3S/c1-4-29(5-2)23-12-8-21(9-13-23)18-28-26(31)19-30(24-14-10-22(27)11-15-24)34(32,33)25-16-6-20(3)7-17-25/h6-17H,4-5,18-19H2,1-3H3,(H,28,31). The van der Waals surface area contributed by atoms with Crippen molar-refractivity contribution in [3.05, 3.63) is 88.4 Å². The minimum Gasteiger partial charge on any atom is -0.372 e. The zero-order valence-electron chi connectivity index (χ0n) is 19.7. The van der Waals surface area contributed by atoms with E-state index in [1.807, 2.05) is 31.2 Å². The van der Waals surface area contributed by atoms with Crippen molar-refractivity contribution in [1.82, 2.24) is 5.32 Å². The van der Waals surface area contributed by atoms with Crippen LogP contribution >= 0.6 is 15.9 Å². The van der Waals surface area contributed by atoms with Gasteiger partial charge in [-0.2, -0.15) is 0 Å². The molecule has 180 valence electrons. The number of carbonyl (C=O) groups excluding carboxylic acids is 1. The Bertz CT molecular complexity index is 1190. The predicted octanol–water partition coefficient (Wildman–Crippen LogP) is 5.12. The van der Waals surface area contributed by atoms with Crippen molar-refractivity contribution in [1.29, 1.82) is 0 Å². The molecule has 3 rings (SSSR count). The van der Waals surface area contributed by atoms with Crippen molar-refractivity contribution in [2.45, 2.75) is 32.2 Å². The molecule has 0 saturated carbocycles. The highest BCUT2D eigenvalue weighted by Gasteiger charge is 2.27. The van der Waals surface area contributed by atoms with Crippen LogP contribution in [0.1, 0.15) is 25.0 Å². The Hall–Kier alpha value is -2.84. The predicted molar refractivity (Wildman–Crippen MR) is 142 cm³/mol. The van der Waals surface area contributed by atoms with E-state index in [0.29, 0.717) is 12.2 Å². The molecule has 0 aromatic heterocycles. The summed E-state index contributed by atoms with van der Waals surface area (Å²) in [7, 11) is -3.93. The van der Waals surface area contributed by atoms with Crippen LogP contribution in [0.2, 0.25) is 0 Å². The Labute approximate surface area is 210 Å². The highest BCUT2D eigenvalue weighted by Crippen LogP contribution is 2.25. The van der Waals surface area contributed by atoms with Crippen LogP contribution in [-0.2, 0) is 21.4 Å². The van der Waals surface area contributed by atoms with Gasteiger partial charge in [0.2, 0.25) is 5.91 Å². The van der Waals surface area contributed by atoms with Gasteiger partial charge in [0.1, 0.15) is 6.54 Å². The number of amides is 1. The topological polar surface area (TPSA) is 69.7 Å². The molecule has 0 aliphatic carbocycles. The third-order valence-electron chi connectivity index (χ3n) is 5.57. The SMILES string of the molecule is CCN(CC)c1ccc(CNC(=O)CN(c2ccc(Br)cc2)S(=O)(=O)c2ccc(C)cc2)cc1. The maximum atomic E-state index is 13.4. The molecule has 1 amide bonds. The number of hydrogen-bond donors (Lipinski definition) is 1. The van der Waals surface area contributed by atoms with E-state index < -0.39 is 10.0 Å². The van der Waals surface area contributed by atoms with Crippen LogP contribution < -0.4 is 14.5 Å². The minimum absolute atomic E-state index is 0.140. The van der Waals surface area contributed by atoms with Crippen LogP contribution in [0.3, 0.4) is 0 Å². The number of sulfonamides is 1. The first kappa shape index (κ1) is 25.8. The summed E-state index contributed by atoms with van der Waals surface area (Å²) in [6, 6.07) is 21.5. The van der Waals surface area contributed by atoms with E-state index in [4.69, 9.17) is 0 Å². The molecule has 0 unspecified atom stereocenters. The molecule has 0 bridgehead atoms. The fourth-order valence-corrected chi connectivity index (χ4v) is 5.25. The Kier molecular flexibility index (Phi) is 8.74. The summed E-state index contributed by atoms with van der Waals surface area (Å²) in [5.74, 6) is -0.383. The van der Waals surface area contributed by atoms with Gasteiger partial charge in [0.25, 0.3) is 10.0 Å². The zero-order chi connectivity index (χ0) is 24.7. The second kappa shape index (κ2) is 11.5. The van der Waals surface area contributed by atoms with Gasteiger partial charge in [0, 0.05) is 29.8 Å². The molecule has 0 aliphatic heterocycles. The first-order valence-corrected chi connectivity index (χ1v) is 13.4. The summed E-state index contributed by atoms with van der Waals surface area (Å²) in [5, 5.41) is 2.85. The number of benzene rings is 3. The van der Waals surface area contributed by atoms with Gasteiger partial charge >= 0.3 is 0 Å². The molecule has 1 N–H and O–H groups in total. The monoisotopic (exact) mass is 543 g/mol. The molecule has 0 fully saturated rings. The molecule has 0 saturated heterocycles. The van der Waals surface area contributed by atoms with Crippen molar-refractivity contribution in [3.8, 4) is 0 Å². The lowest BCUT2D eigenvalue weighted by molar-refractivity contribution is -0.119. The second-order valence-electron chi connectivity index (χ2n) is 7.92. The summed E-state index contributed by atoms with van der Waals surface area (Å²) in [4.78, 5) is 15.2. The first-order valence-electron chi connectivity index (χ1n) is 11.2. The maximum Gasteiger partial charge on any atom is 0.264 e. The van der Waals surface area contributed by atoms with E-state index in [-0.39, 0.29) is 17.3 Å². The van der Waals surface area contributed by atoms with E-state index in [0.717, 1.165) is 38.7 Å². The summed E-state index contributed by atoms with van der Waals surface area (Å²) >= 11 is 3.37. The number of carbonyl (C=O) groups is 1. The average Bonchev–Trinajstić information content (AvgIpc) is 2.83. The van der Waals surface area contributed by atoms with Crippen LogP contribution in [0.25, 0.3) is 0 Å². The lowest BCUT2D eigenvalue weighted by atomic mass is 10.2. The molecule has 34 heavy (non-hydrogen) atoms. The number of nitrogens with zero attached hydrogens (tertiary/aromatic N) is 2. The number of aryl methyl sites for hydroxylation is 1. The molecular weight excluding hydrogens is 514 g/mol. The minimum atomic E-state index is -3.93. The van der Waals surface area contributed by atoms with E-state index in [2.05, 4.69) is 40.0 Å². The molecule has 0 atom stereocenters. The Morgan fingerprint density at radius 1 is 0.853 bits per heavy atom. The van der Waals surface area contributed by atoms with Crippen molar-refractivity contribution < 1.29 is 13.2 Å². The molecule has 3 aromatic carbocycles. The highest BCUT2D eigenvalue weighted by atomic mass is 79.9. The molecule has 0 radical (unpaired) electrons. The van der Waals surface area contributed by atoms with Crippen LogP contribution in [0, 0.1) is 6.92 Å². The van der Waals surface area contributed by atoms with Gasteiger partial charge in [-0.05, 0) is 74.9 Å². The molecule has 0 aliphatic rings. The normalized spacial score (nSPS) is 11.2. The molecule has 3 aromatic rings. The van der Waals surface area contributed by atoms with E-state index in [9.17, 15) is 13.2 Å². The van der Waals surface area contributed by atoms with Crippen molar-refractivity contribution in [3.63, 3.8) is 0 Å². The van der Waals surface area contributed by atoms with Crippen LogP contribution in [-0.4, -0.2) is 34.0 Å². The number of nitrogens with one attached hydrogen (secondary N) is 1. The van der Waals surface area contributed by atoms with Gasteiger partial charge in [0.05, 0.1) is 10.6 Å². The smallest absolute Gasteiger partial charge is 0.264 e. The summed E-state index contributed by atoms with van der Waals surface area (Å²) < 4.78 is 28.8. The lowest BCUT2D eigenvalue weighted by Crippen LogP contribution is -2.40. The summed E-state index contributed by atoms with van der Waals surface area (Å²) in [6.45, 7) is 7.96. The van der Waals surface area contributed by atoms with Crippen molar-refractivity contribution >= 4 is 43.2 Å². The molecule has 6 nitrogen and oxygen atoms in total. The van der Waals surface area contributed by atoms with Gasteiger partial charge in [-0.15, -0.1) is 0 Å². The fourth-order valence-electron chi connectivity index (χ4n) is 3.56. The number of rotatable bonds is 10. The molecule has 0 spiro atoms. The Balaban J connectivity index is 1.76. The largest absolute Gasteiger partial charge is 0.372 e. The number of anilines is 2. The van der Waals surface area contributed by atoms with Gasteiger partial charge in [0.15, 0.2) is 0 Å². The van der Waals surface area contributed by atoms with Gasteiger partial charge in [-0.1, -0.05) is 45.8 Å². The number of halogens is 1. The number of hydrogen-bond acceptors (Lipinski definition) is 4. The van der Waals surface area contributed by atoms with Crippen molar-refractivity contribution in [2.24, 2.45) is 0 Å². The molecule has 0 heterocycles. The third kappa shape index (κ3) is 6.39. The zero-order valence-corrected chi connectivity index (χ0v) is 22.1. The summed E-state index contributed by atoms with van der Waals surface area (Å²) in [6.07, 6.45) is 0. The van der Waals surface area contributed by atoms with E-state index >= 15 is 0 Å². The van der Waals surface area contributed by atoms with E-state index in [1.165, 1.54) is 0 Å². The maximum absolute atomic E-state index is 13.4. The molecule has 8 heteroatoms. The van der Waals surface area contributed by atoms with Crippen LogP contribution in [0.5, 0.6) is 0 Å². The fraction of sp³-hybridized carbons (Fsp3) is 0.269.